The van der Waals surface area contributed by atoms with Crippen LogP contribution in [0.4, 0.5) is 21.5 Å². The molecule has 3 heterocycles. The molecule has 0 radical (unpaired) electrons. The highest BCUT2D eigenvalue weighted by atomic mass is 32.2. The minimum atomic E-state index is -0.949. The van der Waals surface area contributed by atoms with Crippen molar-refractivity contribution in [2.75, 3.05) is 10.2 Å². The Kier molecular flexibility index (Phi) is 6.99. The number of hydrogen-bond donors (Lipinski definition) is 1. The van der Waals surface area contributed by atoms with E-state index in [4.69, 9.17) is 0 Å². The molecule has 4 aromatic rings. The molecule has 10 nitrogen and oxygen atoms in total. The number of aryl methyl sites for hydroxylation is 1. The SMILES string of the molecule is Cc1ccccc1NC(=O)Cn1c2c(sc1=O)C(c1ccc(F)cc1)C1C(=O)N(c3ccc([N+](=O)[O-])cc3)C(=O)C1S2. The summed E-state index contributed by atoms with van der Waals surface area (Å²) in [5.74, 6) is -3.69. The normalized spacial score (nSPS) is 19.4. The van der Waals surface area contributed by atoms with E-state index in [2.05, 4.69) is 5.32 Å². The number of thioether (sulfide) groups is 1. The van der Waals surface area contributed by atoms with Gasteiger partial charge in [-0.2, -0.15) is 0 Å². The van der Waals surface area contributed by atoms with Gasteiger partial charge in [0.15, 0.2) is 0 Å². The summed E-state index contributed by atoms with van der Waals surface area (Å²) < 4.78 is 15.2. The monoisotopic (exact) mass is 604 g/mol. The van der Waals surface area contributed by atoms with Crippen LogP contribution >= 0.6 is 23.1 Å². The summed E-state index contributed by atoms with van der Waals surface area (Å²) in [4.78, 5) is 65.5. The van der Waals surface area contributed by atoms with E-state index in [9.17, 15) is 33.7 Å². The van der Waals surface area contributed by atoms with Gasteiger partial charge < -0.3 is 5.32 Å². The van der Waals surface area contributed by atoms with Gasteiger partial charge >= 0.3 is 4.87 Å². The number of rotatable bonds is 6. The second kappa shape index (κ2) is 10.7. The Hall–Kier alpha value is -4.62. The Balaban J connectivity index is 1.40. The standard InChI is InChI=1S/C29H21FN4O6S2/c1-15-4-2-3-5-20(15)31-21(35)14-32-28-25(42-29(32)38)22(16-6-8-17(30)9-7-16)23-24(41-28)27(37)33(26(23)36)18-10-12-19(13-11-18)34(39)40/h2-13,22-24H,14H2,1H3,(H,31,35). The van der Waals surface area contributed by atoms with Gasteiger partial charge in [-0.25, -0.2) is 9.29 Å². The van der Waals surface area contributed by atoms with Crippen LogP contribution in [0.5, 0.6) is 0 Å². The van der Waals surface area contributed by atoms with Crippen molar-refractivity contribution in [2.24, 2.45) is 5.92 Å². The molecule has 0 aliphatic carbocycles. The summed E-state index contributed by atoms with van der Waals surface area (Å²) in [7, 11) is 0. The highest BCUT2D eigenvalue weighted by molar-refractivity contribution is 8.00. The lowest BCUT2D eigenvalue weighted by Crippen LogP contribution is -2.33. The van der Waals surface area contributed by atoms with Gasteiger partial charge in [-0.3, -0.25) is 33.9 Å². The quantitative estimate of drug-likeness (QED) is 0.192. The number of amides is 3. The molecular formula is C29H21FN4O6S2. The molecule has 3 amide bonds. The number of nitrogens with one attached hydrogen (secondary N) is 1. The highest BCUT2D eigenvalue weighted by Gasteiger charge is 2.56. The summed E-state index contributed by atoms with van der Waals surface area (Å²) in [5.41, 5.74) is 1.98. The van der Waals surface area contributed by atoms with E-state index in [0.717, 1.165) is 33.6 Å². The Labute approximate surface area is 245 Å². The topological polar surface area (TPSA) is 132 Å². The van der Waals surface area contributed by atoms with Crippen molar-refractivity contribution in [2.45, 2.75) is 29.7 Å². The van der Waals surface area contributed by atoms with Crippen LogP contribution in [-0.2, 0) is 20.9 Å². The third kappa shape index (κ3) is 4.69. The number of carbonyl (C=O) groups excluding carboxylic acids is 3. The summed E-state index contributed by atoms with van der Waals surface area (Å²) in [5, 5.41) is 13.4. The maximum absolute atomic E-state index is 13.9. The molecule has 3 unspecified atom stereocenters. The molecule has 212 valence electrons. The minimum absolute atomic E-state index is 0.182. The largest absolute Gasteiger partial charge is 0.324 e. The number of hydrogen-bond acceptors (Lipinski definition) is 8. The molecule has 3 atom stereocenters. The van der Waals surface area contributed by atoms with Gasteiger partial charge in [0.1, 0.15) is 17.6 Å². The maximum Gasteiger partial charge on any atom is 0.308 e. The summed E-state index contributed by atoms with van der Waals surface area (Å²) in [6.45, 7) is 1.53. The molecule has 13 heteroatoms. The van der Waals surface area contributed by atoms with Gasteiger partial charge in [0.2, 0.25) is 17.7 Å². The molecule has 3 aromatic carbocycles. The maximum atomic E-state index is 13.9. The van der Waals surface area contributed by atoms with Gasteiger partial charge in [0, 0.05) is 28.6 Å². The number of thiazole rings is 1. The van der Waals surface area contributed by atoms with Crippen LogP contribution in [0.1, 0.15) is 21.9 Å². The van der Waals surface area contributed by atoms with Crippen LogP contribution in [-0.4, -0.2) is 32.5 Å². The first-order valence-corrected chi connectivity index (χ1v) is 14.5. The fourth-order valence-corrected chi connectivity index (χ4v) is 8.08. The number of imide groups is 1. The van der Waals surface area contributed by atoms with E-state index in [1.807, 2.05) is 19.1 Å². The fraction of sp³-hybridized carbons (Fsp3) is 0.172. The molecule has 0 spiro atoms. The van der Waals surface area contributed by atoms with Crippen molar-refractivity contribution < 1.29 is 23.7 Å². The Morgan fingerprint density at radius 3 is 2.36 bits per heavy atom. The van der Waals surface area contributed by atoms with Gasteiger partial charge in [-0.1, -0.05) is 53.4 Å². The van der Waals surface area contributed by atoms with Crippen LogP contribution in [0, 0.1) is 28.8 Å². The summed E-state index contributed by atoms with van der Waals surface area (Å²) >= 11 is 1.93. The number of nitro groups is 1. The summed E-state index contributed by atoms with van der Waals surface area (Å²) in [6.07, 6.45) is 0. The van der Waals surface area contributed by atoms with Crippen molar-refractivity contribution in [3.8, 4) is 0 Å². The lowest BCUT2D eigenvalue weighted by molar-refractivity contribution is -0.384. The van der Waals surface area contributed by atoms with Crippen molar-refractivity contribution in [3.63, 3.8) is 0 Å². The van der Waals surface area contributed by atoms with Gasteiger partial charge in [-0.15, -0.1) is 0 Å². The molecular weight excluding hydrogens is 583 g/mol. The average molecular weight is 605 g/mol. The Bertz CT molecular complexity index is 1820. The van der Waals surface area contributed by atoms with E-state index in [1.165, 1.54) is 53.1 Å². The fourth-order valence-electron chi connectivity index (χ4n) is 5.31. The smallest absolute Gasteiger partial charge is 0.308 e. The third-order valence-electron chi connectivity index (χ3n) is 7.32. The van der Waals surface area contributed by atoms with Crippen molar-refractivity contribution in [1.29, 1.82) is 0 Å². The second-order valence-corrected chi connectivity index (χ2v) is 12.0. The number of fused-ring (bicyclic) bond motifs is 2. The first kappa shape index (κ1) is 27.5. The predicted octanol–water partition coefficient (Wildman–Crippen LogP) is 4.70. The molecule has 42 heavy (non-hydrogen) atoms. The average Bonchev–Trinajstić information content (AvgIpc) is 3.41. The number of halogens is 1. The molecule has 6 rings (SSSR count). The number of carbonyl (C=O) groups is 3. The number of aromatic nitrogens is 1. The number of non-ortho nitro benzene ring substituents is 1. The number of benzene rings is 3. The predicted molar refractivity (Wildman–Crippen MR) is 155 cm³/mol. The zero-order chi connectivity index (χ0) is 29.7. The van der Waals surface area contributed by atoms with E-state index in [-0.39, 0.29) is 17.9 Å². The van der Waals surface area contributed by atoms with Crippen LogP contribution in [0.15, 0.2) is 82.6 Å². The molecule has 1 N–H and O–H groups in total. The molecule has 0 bridgehead atoms. The number of para-hydroxylation sites is 1. The zero-order valence-electron chi connectivity index (χ0n) is 21.9. The van der Waals surface area contributed by atoms with Crippen molar-refractivity contribution in [3.05, 3.63) is 114 Å². The van der Waals surface area contributed by atoms with Gasteiger partial charge in [-0.05, 0) is 48.4 Å². The molecule has 1 saturated heterocycles. The lowest BCUT2D eigenvalue weighted by Gasteiger charge is -2.30. The molecule has 1 aromatic heterocycles. The number of nitrogens with zero attached hydrogens (tertiary/aromatic N) is 3. The first-order chi connectivity index (χ1) is 20.1. The Morgan fingerprint density at radius 1 is 1.00 bits per heavy atom. The first-order valence-electron chi connectivity index (χ1n) is 12.8. The third-order valence-corrected chi connectivity index (χ3v) is 9.92. The molecule has 2 aliphatic heterocycles. The van der Waals surface area contributed by atoms with Crippen LogP contribution in [0.2, 0.25) is 0 Å². The van der Waals surface area contributed by atoms with E-state index >= 15 is 0 Å². The minimum Gasteiger partial charge on any atom is -0.324 e. The van der Waals surface area contributed by atoms with Crippen molar-refractivity contribution in [1.82, 2.24) is 4.57 Å². The molecule has 0 saturated carbocycles. The molecule has 2 aliphatic rings. The van der Waals surface area contributed by atoms with E-state index < -0.39 is 50.4 Å². The van der Waals surface area contributed by atoms with Crippen LogP contribution in [0.25, 0.3) is 0 Å². The van der Waals surface area contributed by atoms with Gasteiger partial charge in [0.05, 0.1) is 21.6 Å². The van der Waals surface area contributed by atoms with Crippen LogP contribution < -0.4 is 15.1 Å². The van der Waals surface area contributed by atoms with E-state index in [1.54, 1.807) is 12.1 Å². The highest BCUT2D eigenvalue weighted by Crippen LogP contribution is 2.53. The zero-order valence-corrected chi connectivity index (χ0v) is 23.5. The Morgan fingerprint density at radius 2 is 1.69 bits per heavy atom. The van der Waals surface area contributed by atoms with Crippen molar-refractivity contribution >= 4 is 57.9 Å². The molecule has 1 fully saturated rings. The number of nitro benzene ring substituents is 1. The summed E-state index contributed by atoms with van der Waals surface area (Å²) in [6, 6.07) is 17.8. The van der Waals surface area contributed by atoms with Gasteiger partial charge in [0.25, 0.3) is 5.69 Å². The van der Waals surface area contributed by atoms with Crippen LogP contribution in [0.3, 0.4) is 0 Å². The van der Waals surface area contributed by atoms with E-state index in [0.29, 0.717) is 21.2 Å². The number of anilines is 2. The second-order valence-electron chi connectivity index (χ2n) is 9.87. The lowest BCUT2D eigenvalue weighted by atomic mass is 9.83.